The van der Waals surface area contributed by atoms with E-state index in [1.165, 1.54) is 6.42 Å². The summed E-state index contributed by atoms with van der Waals surface area (Å²) in [6.45, 7) is 2.20. The van der Waals surface area contributed by atoms with Crippen molar-refractivity contribution in [1.82, 2.24) is 9.97 Å². The Morgan fingerprint density at radius 2 is 2.36 bits per heavy atom. The van der Waals surface area contributed by atoms with Crippen LogP contribution >= 0.6 is 15.9 Å². The van der Waals surface area contributed by atoms with Crippen molar-refractivity contribution in [1.29, 1.82) is 0 Å². The Hall–Kier alpha value is -0.880. The van der Waals surface area contributed by atoms with Crippen molar-refractivity contribution in [2.24, 2.45) is 11.8 Å². The Kier molecular flexibility index (Phi) is 2.56. The van der Waals surface area contributed by atoms with Gasteiger partial charge in [-0.25, -0.2) is 10.8 Å². The first-order chi connectivity index (χ1) is 6.70. The Bertz CT molecular complexity index is 343. The largest absolute Gasteiger partial charge is 0.366 e. The molecule has 4 N–H and O–H groups in total. The molecule has 1 aromatic rings. The maximum Gasteiger partial charge on any atom is 0.239 e. The van der Waals surface area contributed by atoms with Crippen LogP contribution < -0.4 is 16.6 Å². The molecule has 2 atom stereocenters. The molecule has 0 bridgehead atoms. The predicted octanol–water partition coefficient (Wildman–Crippen LogP) is 1.34. The topological polar surface area (TPSA) is 75.9 Å². The van der Waals surface area contributed by atoms with Gasteiger partial charge >= 0.3 is 0 Å². The second-order valence-electron chi connectivity index (χ2n) is 3.50. The van der Waals surface area contributed by atoms with Gasteiger partial charge in [0.05, 0.1) is 4.47 Å². The van der Waals surface area contributed by atoms with Crippen molar-refractivity contribution < 1.29 is 0 Å². The van der Waals surface area contributed by atoms with E-state index in [0.29, 0.717) is 12.0 Å². The van der Waals surface area contributed by atoms with Crippen LogP contribution in [0.25, 0.3) is 0 Å². The summed E-state index contributed by atoms with van der Waals surface area (Å²) in [5, 5.41) is 3.32. The molecular formula is C8H12BrN5. The number of hydrazine groups is 1. The smallest absolute Gasteiger partial charge is 0.239 e. The monoisotopic (exact) mass is 257 g/mol. The Balaban J connectivity index is 2.14. The van der Waals surface area contributed by atoms with Gasteiger partial charge in [-0.2, -0.15) is 4.98 Å². The molecule has 76 valence electrons. The third kappa shape index (κ3) is 1.96. The summed E-state index contributed by atoms with van der Waals surface area (Å²) < 4.78 is 0.857. The number of aromatic nitrogens is 2. The van der Waals surface area contributed by atoms with Gasteiger partial charge in [-0.3, -0.25) is 5.43 Å². The summed E-state index contributed by atoms with van der Waals surface area (Å²) in [7, 11) is 0. The van der Waals surface area contributed by atoms with Crippen LogP contribution in [-0.2, 0) is 0 Å². The van der Waals surface area contributed by atoms with E-state index in [2.05, 4.69) is 43.6 Å². The first kappa shape index (κ1) is 9.67. The minimum Gasteiger partial charge on any atom is -0.366 e. The standard InChI is InChI=1S/C8H12BrN5/c1-4-2-6(4)12-7-5(9)3-11-8(13-7)14-10/h3-4,6H,2,10H2,1H3,(H2,11,12,13,14). The van der Waals surface area contributed by atoms with E-state index in [0.717, 1.165) is 16.2 Å². The minimum atomic E-state index is 0.420. The molecule has 0 saturated heterocycles. The van der Waals surface area contributed by atoms with Crippen LogP contribution in [0, 0.1) is 5.92 Å². The summed E-state index contributed by atoms with van der Waals surface area (Å²) >= 11 is 3.38. The second kappa shape index (κ2) is 3.70. The molecule has 0 amide bonds. The Morgan fingerprint density at radius 1 is 1.64 bits per heavy atom. The van der Waals surface area contributed by atoms with Crippen LogP contribution in [0.3, 0.4) is 0 Å². The number of hydrogen-bond acceptors (Lipinski definition) is 5. The number of nitrogen functional groups attached to an aromatic ring is 1. The van der Waals surface area contributed by atoms with Crippen LogP contribution in [0.1, 0.15) is 13.3 Å². The second-order valence-corrected chi connectivity index (χ2v) is 4.35. The van der Waals surface area contributed by atoms with Crippen molar-refractivity contribution >= 4 is 27.7 Å². The number of nitrogens with one attached hydrogen (secondary N) is 2. The van der Waals surface area contributed by atoms with E-state index in [4.69, 9.17) is 5.84 Å². The summed E-state index contributed by atoms with van der Waals surface area (Å²) in [6, 6.07) is 0.534. The molecule has 0 radical (unpaired) electrons. The lowest BCUT2D eigenvalue weighted by atomic mass is 10.4. The van der Waals surface area contributed by atoms with E-state index >= 15 is 0 Å². The molecule has 1 aliphatic carbocycles. The van der Waals surface area contributed by atoms with Gasteiger partial charge in [-0.15, -0.1) is 0 Å². The molecule has 0 aliphatic heterocycles. The minimum absolute atomic E-state index is 0.420. The van der Waals surface area contributed by atoms with Gasteiger partial charge < -0.3 is 5.32 Å². The molecule has 1 aromatic heterocycles. The highest BCUT2D eigenvalue weighted by atomic mass is 79.9. The summed E-state index contributed by atoms with van der Waals surface area (Å²) in [5.74, 6) is 7.17. The summed E-state index contributed by atoms with van der Waals surface area (Å²) in [4.78, 5) is 8.17. The van der Waals surface area contributed by atoms with Crippen molar-refractivity contribution in [2.45, 2.75) is 19.4 Å². The first-order valence-electron chi connectivity index (χ1n) is 4.46. The van der Waals surface area contributed by atoms with E-state index < -0.39 is 0 Å². The zero-order chi connectivity index (χ0) is 10.1. The van der Waals surface area contributed by atoms with Crippen molar-refractivity contribution in [3.8, 4) is 0 Å². The molecule has 1 aliphatic rings. The van der Waals surface area contributed by atoms with E-state index in [-0.39, 0.29) is 0 Å². The Morgan fingerprint density at radius 3 is 2.93 bits per heavy atom. The molecular weight excluding hydrogens is 246 g/mol. The van der Waals surface area contributed by atoms with Gasteiger partial charge in [0.1, 0.15) is 5.82 Å². The van der Waals surface area contributed by atoms with Crippen LogP contribution in [0.15, 0.2) is 10.7 Å². The van der Waals surface area contributed by atoms with Crippen LogP contribution in [0.5, 0.6) is 0 Å². The van der Waals surface area contributed by atoms with Gasteiger partial charge in [-0.05, 0) is 28.3 Å². The van der Waals surface area contributed by atoms with Gasteiger partial charge in [0, 0.05) is 12.2 Å². The third-order valence-electron chi connectivity index (χ3n) is 2.30. The SMILES string of the molecule is CC1CC1Nc1nc(NN)ncc1Br. The first-order valence-corrected chi connectivity index (χ1v) is 5.25. The maximum absolute atomic E-state index is 5.22. The number of nitrogens with two attached hydrogens (primary N) is 1. The lowest BCUT2D eigenvalue weighted by Crippen LogP contribution is -2.13. The highest BCUT2D eigenvalue weighted by molar-refractivity contribution is 9.10. The predicted molar refractivity (Wildman–Crippen MR) is 58.7 cm³/mol. The van der Waals surface area contributed by atoms with Crippen LogP contribution in [0.4, 0.5) is 11.8 Å². The van der Waals surface area contributed by atoms with Crippen molar-refractivity contribution in [2.75, 3.05) is 10.7 Å². The number of anilines is 2. The fourth-order valence-corrected chi connectivity index (χ4v) is 1.54. The van der Waals surface area contributed by atoms with Gasteiger partial charge in [-0.1, -0.05) is 6.92 Å². The maximum atomic E-state index is 5.22. The molecule has 5 nitrogen and oxygen atoms in total. The normalized spacial score (nSPS) is 24.5. The lowest BCUT2D eigenvalue weighted by molar-refractivity contribution is 0.920. The van der Waals surface area contributed by atoms with Crippen LogP contribution in [0.2, 0.25) is 0 Å². The van der Waals surface area contributed by atoms with E-state index in [1.54, 1.807) is 6.20 Å². The number of hydrogen-bond donors (Lipinski definition) is 3. The fraction of sp³-hybridized carbons (Fsp3) is 0.500. The third-order valence-corrected chi connectivity index (χ3v) is 2.89. The number of rotatable bonds is 3. The van der Waals surface area contributed by atoms with Crippen LogP contribution in [-0.4, -0.2) is 16.0 Å². The van der Waals surface area contributed by atoms with Crippen molar-refractivity contribution in [3.63, 3.8) is 0 Å². The Labute approximate surface area is 90.6 Å². The molecule has 2 unspecified atom stereocenters. The highest BCUT2D eigenvalue weighted by Gasteiger charge is 2.33. The highest BCUT2D eigenvalue weighted by Crippen LogP contribution is 2.34. The molecule has 0 aromatic carbocycles. The molecule has 2 rings (SSSR count). The van der Waals surface area contributed by atoms with Crippen molar-refractivity contribution in [3.05, 3.63) is 10.7 Å². The quantitative estimate of drug-likeness (QED) is 0.563. The van der Waals surface area contributed by atoms with Gasteiger partial charge in [0.15, 0.2) is 0 Å². The summed E-state index contributed by atoms with van der Waals surface area (Å²) in [6.07, 6.45) is 2.87. The number of nitrogens with zero attached hydrogens (tertiary/aromatic N) is 2. The van der Waals surface area contributed by atoms with E-state index in [9.17, 15) is 0 Å². The zero-order valence-electron chi connectivity index (χ0n) is 7.79. The zero-order valence-corrected chi connectivity index (χ0v) is 9.37. The molecule has 0 spiro atoms. The molecule has 14 heavy (non-hydrogen) atoms. The lowest BCUT2D eigenvalue weighted by Gasteiger charge is -2.07. The number of halogens is 1. The fourth-order valence-electron chi connectivity index (χ4n) is 1.24. The average Bonchev–Trinajstić information content (AvgIpc) is 2.86. The molecule has 6 heteroatoms. The summed E-state index contributed by atoms with van der Waals surface area (Å²) in [5.41, 5.74) is 2.42. The van der Waals surface area contributed by atoms with Gasteiger partial charge in [0.25, 0.3) is 0 Å². The average molecular weight is 258 g/mol. The van der Waals surface area contributed by atoms with Gasteiger partial charge in [0.2, 0.25) is 5.95 Å². The molecule has 1 heterocycles. The molecule has 1 fully saturated rings. The molecule has 1 saturated carbocycles. The van der Waals surface area contributed by atoms with E-state index in [1.807, 2.05) is 0 Å².